The van der Waals surface area contributed by atoms with Gasteiger partial charge in [0.05, 0.1) is 0 Å². The predicted octanol–water partition coefficient (Wildman–Crippen LogP) is 1.89. The van der Waals surface area contributed by atoms with Gasteiger partial charge in [-0.05, 0) is 24.5 Å². The molecule has 16 heavy (non-hydrogen) atoms. The number of anilines is 1. The van der Waals surface area contributed by atoms with Crippen LogP contribution in [0.15, 0.2) is 18.2 Å². The maximum atomic E-state index is 13.0. The number of halogens is 1. The van der Waals surface area contributed by atoms with Crippen molar-refractivity contribution in [3.05, 3.63) is 29.6 Å². The van der Waals surface area contributed by atoms with E-state index in [0.29, 0.717) is 11.8 Å². The topological polar surface area (TPSA) is 55.1 Å². The number of nitrogens with one attached hydrogen (secondary N) is 1. The zero-order chi connectivity index (χ0) is 12.1. The van der Waals surface area contributed by atoms with Crippen LogP contribution in [0.5, 0.6) is 0 Å². The van der Waals surface area contributed by atoms with E-state index >= 15 is 0 Å². The van der Waals surface area contributed by atoms with E-state index in [1.54, 1.807) is 11.8 Å². The summed E-state index contributed by atoms with van der Waals surface area (Å²) in [5.41, 5.74) is 5.96. The Bertz CT molecular complexity index is 364. The first-order chi connectivity index (χ1) is 7.52. The van der Waals surface area contributed by atoms with Crippen molar-refractivity contribution in [1.82, 2.24) is 5.32 Å². The van der Waals surface area contributed by atoms with E-state index < -0.39 is 5.82 Å². The number of hydrogen-bond acceptors (Lipinski definition) is 3. The summed E-state index contributed by atoms with van der Waals surface area (Å²) in [7, 11) is 0. The van der Waals surface area contributed by atoms with Gasteiger partial charge in [0.1, 0.15) is 5.82 Å². The summed E-state index contributed by atoms with van der Waals surface area (Å²) >= 11 is 1.65. The molecule has 1 rings (SSSR count). The van der Waals surface area contributed by atoms with Crippen molar-refractivity contribution in [1.29, 1.82) is 0 Å². The maximum Gasteiger partial charge on any atom is 0.251 e. The highest BCUT2D eigenvalue weighted by molar-refractivity contribution is 7.99. The third-order valence-electron chi connectivity index (χ3n) is 2.13. The molecule has 5 heteroatoms. The molecule has 1 aromatic carbocycles. The lowest BCUT2D eigenvalue weighted by molar-refractivity contribution is 0.0953. The summed E-state index contributed by atoms with van der Waals surface area (Å²) in [5, 5.41) is 3.05. The number of nitrogens with two attached hydrogens (primary N) is 1. The fourth-order valence-electron chi connectivity index (χ4n) is 1.17. The molecular formula is C11H15FN2OS. The average molecular weight is 242 g/mol. The molecule has 1 unspecified atom stereocenters. The summed E-state index contributed by atoms with van der Waals surface area (Å²) < 4.78 is 13.0. The molecule has 0 saturated heterocycles. The second kappa shape index (κ2) is 5.75. The minimum atomic E-state index is -0.497. The summed E-state index contributed by atoms with van der Waals surface area (Å²) in [6.45, 7) is 2.56. The van der Waals surface area contributed by atoms with Crippen molar-refractivity contribution < 1.29 is 9.18 Å². The van der Waals surface area contributed by atoms with E-state index in [9.17, 15) is 9.18 Å². The molecule has 1 amide bonds. The lowest BCUT2D eigenvalue weighted by atomic mass is 10.2. The van der Waals surface area contributed by atoms with E-state index in [-0.39, 0.29) is 17.2 Å². The van der Waals surface area contributed by atoms with Gasteiger partial charge in [-0.1, -0.05) is 6.92 Å². The molecule has 0 spiro atoms. The van der Waals surface area contributed by atoms with Gasteiger partial charge in [0.25, 0.3) is 5.91 Å². The molecule has 3 nitrogen and oxygen atoms in total. The van der Waals surface area contributed by atoms with Crippen molar-refractivity contribution in [2.45, 2.75) is 12.2 Å². The van der Waals surface area contributed by atoms with Crippen LogP contribution in [-0.4, -0.2) is 24.0 Å². The summed E-state index contributed by atoms with van der Waals surface area (Å²) in [4.78, 5) is 11.6. The van der Waals surface area contributed by atoms with Gasteiger partial charge < -0.3 is 11.1 Å². The Morgan fingerprint density at radius 3 is 2.81 bits per heavy atom. The van der Waals surface area contributed by atoms with Crippen molar-refractivity contribution in [3.63, 3.8) is 0 Å². The van der Waals surface area contributed by atoms with Crippen LogP contribution >= 0.6 is 11.8 Å². The first kappa shape index (κ1) is 12.8. The lowest BCUT2D eigenvalue weighted by Crippen LogP contribution is -2.29. The van der Waals surface area contributed by atoms with Gasteiger partial charge >= 0.3 is 0 Å². The molecule has 3 N–H and O–H groups in total. The second-order valence-corrected chi connectivity index (χ2v) is 4.81. The monoisotopic (exact) mass is 242 g/mol. The minimum Gasteiger partial charge on any atom is -0.399 e. The van der Waals surface area contributed by atoms with Crippen molar-refractivity contribution >= 4 is 23.4 Å². The molecule has 0 aliphatic heterocycles. The Morgan fingerprint density at radius 1 is 1.56 bits per heavy atom. The summed E-state index contributed by atoms with van der Waals surface area (Å²) in [6.07, 6.45) is 1.97. The van der Waals surface area contributed by atoms with E-state index in [1.807, 2.05) is 13.2 Å². The Balaban J connectivity index is 2.66. The van der Waals surface area contributed by atoms with Gasteiger partial charge in [0, 0.05) is 23.0 Å². The van der Waals surface area contributed by atoms with E-state index in [1.165, 1.54) is 18.2 Å². The maximum absolute atomic E-state index is 13.0. The zero-order valence-corrected chi connectivity index (χ0v) is 10.1. The van der Waals surface area contributed by atoms with Crippen LogP contribution in [0.3, 0.4) is 0 Å². The van der Waals surface area contributed by atoms with Gasteiger partial charge in [-0.25, -0.2) is 4.39 Å². The second-order valence-electron chi connectivity index (χ2n) is 3.53. The Labute approximate surface area is 98.6 Å². The molecule has 0 bridgehead atoms. The summed E-state index contributed by atoms with van der Waals surface area (Å²) in [6, 6.07) is 3.82. The molecular weight excluding hydrogens is 227 g/mol. The molecule has 0 radical (unpaired) electrons. The molecule has 0 saturated carbocycles. The highest BCUT2D eigenvalue weighted by Crippen LogP contribution is 2.11. The normalized spacial score (nSPS) is 12.2. The standard InChI is InChI=1S/C11H15FN2OS/c1-7(16-2)6-14-11(15)8-3-9(12)5-10(13)4-8/h3-5,7H,6,13H2,1-2H3,(H,14,15). The highest BCUT2D eigenvalue weighted by Gasteiger charge is 2.09. The molecule has 0 aliphatic rings. The van der Waals surface area contributed by atoms with E-state index in [2.05, 4.69) is 5.32 Å². The average Bonchev–Trinajstić information content (AvgIpc) is 2.23. The number of benzene rings is 1. The smallest absolute Gasteiger partial charge is 0.251 e. The largest absolute Gasteiger partial charge is 0.399 e. The Morgan fingerprint density at radius 2 is 2.25 bits per heavy atom. The molecule has 0 aromatic heterocycles. The molecule has 0 fully saturated rings. The minimum absolute atomic E-state index is 0.253. The quantitative estimate of drug-likeness (QED) is 0.793. The number of carbonyl (C=O) groups is 1. The van der Waals surface area contributed by atoms with Crippen LogP contribution in [0.1, 0.15) is 17.3 Å². The van der Waals surface area contributed by atoms with Crippen molar-refractivity contribution in [2.24, 2.45) is 0 Å². The Hall–Kier alpha value is -1.23. The van der Waals surface area contributed by atoms with E-state index in [0.717, 1.165) is 0 Å². The number of amides is 1. The number of rotatable bonds is 4. The fourth-order valence-corrected chi connectivity index (χ4v) is 1.42. The molecule has 0 aliphatic carbocycles. The molecule has 0 heterocycles. The summed E-state index contributed by atoms with van der Waals surface area (Å²) in [5.74, 6) is -0.796. The van der Waals surface area contributed by atoms with E-state index in [4.69, 9.17) is 5.73 Å². The SMILES string of the molecule is CSC(C)CNC(=O)c1cc(N)cc(F)c1. The van der Waals surface area contributed by atoms with Crippen LogP contribution in [0.25, 0.3) is 0 Å². The third kappa shape index (κ3) is 3.73. The van der Waals surface area contributed by atoms with Crippen LogP contribution in [0.4, 0.5) is 10.1 Å². The van der Waals surface area contributed by atoms with Gasteiger partial charge in [-0.3, -0.25) is 4.79 Å². The molecule has 1 atom stereocenters. The van der Waals surface area contributed by atoms with Crippen molar-refractivity contribution in [2.75, 3.05) is 18.5 Å². The molecule has 1 aromatic rings. The zero-order valence-electron chi connectivity index (χ0n) is 9.29. The number of carbonyl (C=O) groups excluding carboxylic acids is 1. The molecule has 88 valence electrons. The van der Waals surface area contributed by atoms with Crippen molar-refractivity contribution in [3.8, 4) is 0 Å². The number of nitrogen functional groups attached to an aromatic ring is 1. The highest BCUT2D eigenvalue weighted by atomic mass is 32.2. The third-order valence-corrected chi connectivity index (χ3v) is 3.11. The lowest BCUT2D eigenvalue weighted by Gasteiger charge is -2.10. The van der Waals surface area contributed by atoms with Crippen LogP contribution < -0.4 is 11.1 Å². The first-order valence-corrected chi connectivity index (χ1v) is 6.18. The van der Waals surface area contributed by atoms with Crippen LogP contribution in [0.2, 0.25) is 0 Å². The number of thioether (sulfide) groups is 1. The Kier molecular flexibility index (Phi) is 4.61. The van der Waals surface area contributed by atoms with Gasteiger partial charge in [-0.2, -0.15) is 11.8 Å². The fraction of sp³-hybridized carbons (Fsp3) is 0.364. The van der Waals surface area contributed by atoms with Crippen LogP contribution in [0, 0.1) is 5.82 Å². The predicted molar refractivity (Wildman–Crippen MR) is 66.1 cm³/mol. The van der Waals surface area contributed by atoms with Gasteiger partial charge in [-0.15, -0.1) is 0 Å². The number of hydrogen-bond donors (Lipinski definition) is 2. The van der Waals surface area contributed by atoms with Crippen LogP contribution in [-0.2, 0) is 0 Å². The first-order valence-electron chi connectivity index (χ1n) is 4.90. The van der Waals surface area contributed by atoms with Gasteiger partial charge in [0.2, 0.25) is 0 Å². The van der Waals surface area contributed by atoms with Gasteiger partial charge in [0.15, 0.2) is 0 Å².